The van der Waals surface area contributed by atoms with E-state index in [1.807, 2.05) is 18.2 Å². The molecule has 0 aliphatic rings. The smallest absolute Gasteiger partial charge is 0.0685 e. The minimum absolute atomic E-state index is 0.0491. The summed E-state index contributed by atoms with van der Waals surface area (Å²) in [4.78, 5) is 4.62. The lowest BCUT2D eigenvalue weighted by Crippen LogP contribution is -2.15. The fourth-order valence-electron chi connectivity index (χ4n) is 8.17. The number of nitrogens with one attached hydrogen (secondary N) is 1. The van der Waals surface area contributed by atoms with Crippen molar-refractivity contribution in [2.24, 2.45) is 0 Å². The fourth-order valence-corrected chi connectivity index (χ4v) is 8.17. The Hall–Kier alpha value is -6.45. The SMILES string of the molecule is C=C(c1cccc(C(=N)c2cccc(N(c3ccc(C(C)(C)C)cc3)c3ccc(C(C)(C)C)cc3)c2)c1)c1cccc(N(c2ccc(C(C)(C)C)cc2)c2ccc(C(C)(C)C)cc2)c1. The molecule has 0 aromatic heterocycles. The maximum Gasteiger partial charge on any atom is 0.0685 e. The van der Waals surface area contributed by atoms with Gasteiger partial charge in [0.25, 0.3) is 0 Å². The highest BCUT2D eigenvalue weighted by Crippen LogP contribution is 2.40. The van der Waals surface area contributed by atoms with E-state index in [0.717, 1.165) is 62.0 Å². The number of hydrogen-bond acceptors (Lipinski definition) is 3. The molecule has 3 nitrogen and oxygen atoms in total. The molecule has 326 valence electrons. The monoisotopic (exact) mass is 842 g/mol. The van der Waals surface area contributed by atoms with Crippen LogP contribution in [0.1, 0.15) is 128 Å². The maximum atomic E-state index is 9.59. The molecule has 0 atom stereocenters. The van der Waals surface area contributed by atoms with Gasteiger partial charge in [-0.05, 0) is 139 Å². The summed E-state index contributed by atoms with van der Waals surface area (Å²) in [5, 5.41) is 9.59. The molecule has 0 radical (unpaired) electrons. The summed E-state index contributed by atoms with van der Waals surface area (Å²) in [6, 6.07) is 61.0. The minimum Gasteiger partial charge on any atom is -0.310 e. The third kappa shape index (κ3) is 10.2. The number of benzene rings is 7. The Morgan fingerprint density at radius 1 is 0.328 bits per heavy atom. The van der Waals surface area contributed by atoms with Crippen molar-refractivity contribution < 1.29 is 0 Å². The lowest BCUT2D eigenvalue weighted by Gasteiger charge is -2.28. The molecule has 0 saturated carbocycles. The van der Waals surface area contributed by atoms with Gasteiger partial charge in [-0.15, -0.1) is 0 Å². The summed E-state index contributed by atoms with van der Waals surface area (Å²) in [7, 11) is 0. The van der Waals surface area contributed by atoms with Crippen LogP contribution in [0.25, 0.3) is 5.57 Å². The molecule has 7 aromatic rings. The highest BCUT2D eigenvalue weighted by atomic mass is 15.1. The highest BCUT2D eigenvalue weighted by molar-refractivity contribution is 6.12. The van der Waals surface area contributed by atoms with E-state index < -0.39 is 0 Å². The van der Waals surface area contributed by atoms with E-state index >= 15 is 0 Å². The van der Waals surface area contributed by atoms with Gasteiger partial charge in [0, 0.05) is 45.3 Å². The first kappa shape index (κ1) is 45.6. The van der Waals surface area contributed by atoms with Crippen LogP contribution in [0.15, 0.2) is 176 Å². The van der Waals surface area contributed by atoms with Gasteiger partial charge in [0.15, 0.2) is 0 Å². The molecule has 0 aliphatic carbocycles. The zero-order valence-corrected chi connectivity index (χ0v) is 40.3. The van der Waals surface area contributed by atoms with Gasteiger partial charge in [-0.3, -0.25) is 5.41 Å². The molecule has 0 saturated heterocycles. The summed E-state index contributed by atoms with van der Waals surface area (Å²) in [5.74, 6) is 0. The van der Waals surface area contributed by atoms with Crippen molar-refractivity contribution in [3.05, 3.63) is 221 Å². The zero-order chi connectivity index (χ0) is 46.2. The molecule has 0 aliphatic heterocycles. The Kier molecular flexibility index (Phi) is 12.5. The van der Waals surface area contributed by atoms with Crippen LogP contribution in [-0.4, -0.2) is 5.71 Å². The van der Waals surface area contributed by atoms with E-state index in [4.69, 9.17) is 0 Å². The number of hydrogen-bond donors (Lipinski definition) is 1. The fraction of sp³-hybridized carbons (Fsp3) is 0.262. The first-order valence-corrected chi connectivity index (χ1v) is 22.7. The van der Waals surface area contributed by atoms with Crippen molar-refractivity contribution >= 4 is 45.4 Å². The second-order valence-corrected chi connectivity index (χ2v) is 21.4. The van der Waals surface area contributed by atoms with Crippen molar-refractivity contribution in [3.63, 3.8) is 0 Å². The van der Waals surface area contributed by atoms with Gasteiger partial charge < -0.3 is 9.80 Å². The van der Waals surface area contributed by atoms with Crippen LogP contribution >= 0.6 is 0 Å². The van der Waals surface area contributed by atoms with Gasteiger partial charge in [-0.1, -0.05) is 181 Å². The number of rotatable bonds is 10. The summed E-state index contributed by atoms with van der Waals surface area (Å²) in [6.07, 6.45) is 0. The predicted octanol–water partition coefficient (Wildman–Crippen LogP) is 17.3. The zero-order valence-electron chi connectivity index (χ0n) is 40.3. The van der Waals surface area contributed by atoms with Crippen LogP contribution < -0.4 is 9.80 Å². The molecule has 0 amide bonds. The Balaban J connectivity index is 1.21. The molecule has 3 heteroatoms. The van der Waals surface area contributed by atoms with Crippen molar-refractivity contribution in [2.45, 2.75) is 105 Å². The Morgan fingerprint density at radius 2 is 0.578 bits per heavy atom. The van der Waals surface area contributed by atoms with Crippen molar-refractivity contribution in [2.75, 3.05) is 9.80 Å². The average molecular weight is 842 g/mol. The highest BCUT2D eigenvalue weighted by Gasteiger charge is 2.22. The van der Waals surface area contributed by atoms with E-state index in [9.17, 15) is 5.41 Å². The second kappa shape index (κ2) is 17.6. The summed E-state index contributed by atoms with van der Waals surface area (Å²) >= 11 is 0. The van der Waals surface area contributed by atoms with Crippen LogP contribution in [0, 0.1) is 5.41 Å². The molecule has 0 unspecified atom stereocenters. The average Bonchev–Trinajstić information content (AvgIpc) is 3.26. The Labute approximate surface area is 384 Å². The van der Waals surface area contributed by atoms with E-state index in [2.05, 4.69) is 251 Å². The van der Waals surface area contributed by atoms with Gasteiger partial charge in [-0.25, -0.2) is 0 Å². The van der Waals surface area contributed by atoms with E-state index in [1.54, 1.807) is 0 Å². The molecular formula is C61H67N3. The molecule has 0 bridgehead atoms. The summed E-state index contributed by atoms with van der Waals surface area (Å²) < 4.78 is 0. The van der Waals surface area contributed by atoms with Crippen molar-refractivity contribution in [3.8, 4) is 0 Å². The van der Waals surface area contributed by atoms with E-state index in [-0.39, 0.29) is 21.7 Å². The van der Waals surface area contributed by atoms with Crippen molar-refractivity contribution in [1.82, 2.24) is 0 Å². The molecular weight excluding hydrogens is 775 g/mol. The van der Waals surface area contributed by atoms with E-state index in [1.165, 1.54) is 22.3 Å². The summed E-state index contributed by atoms with van der Waals surface area (Å²) in [5.41, 5.74) is 16.8. The number of anilines is 6. The minimum atomic E-state index is 0.0491. The third-order valence-electron chi connectivity index (χ3n) is 12.3. The Bertz CT molecular complexity index is 2440. The predicted molar refractivity (Wildman–Crippen MR) is 278 cm³/mol. The topological polar surface area (TPSA) is 30.3 Å². The van der Waals surface area contributed by atoms with Crippen LogP contribution in [0.2, 0.25) is 0 Å². The maximum absolute atomic E-state index is 9.59. The Morgan fingerprint density at radius 3 is 0.891 bits per heavy atom. The molecule has 64 heavy (non-hydrogen) atoms. The number of nitrogens with zero attached hydrogens (tertiary/aromatic N) is 2. The van der Waals surface area contributed by atoms with Crippen LogP contribution in [-0.2, 0) is 21.7 Å². The lowest BCUT2D eigenvalue weighted by molar-refractivity contribution is 0.590. The lowest BCUT2D eigenvalue weighted by atomic mass is 9.86. The second-order valence-electron chi connectivity index (χ2n) is 21.4. The standard InChI is InChI=1S/C61H67N3/c1-42(44-18-15-21-55(40-44)63(51-31-23-47(24-32-51)58(2,3)4)52-33-25-48(26-34-52)59(5,6)7)43-17-14-19-45(39-43)57(62)46-20-16-22-56(41-46)64(53-35-27-49(28-36-53)60(8,9)10)54-37-29-50(30-38-54)61(11,12)13/h14-41,62H,1H2,2-13H3. The third-order valence-corrected chi connectivity index (χ3v) is 12.3. The van der Waals surface area contributed by atoms with Crippen LogP contribution in [0.4, 0.5) is 34.1 Å². The van der Waals surface area contributed by atoms with E-state index in [0.29, 0.717) is 5.71 Å². The van der Waals surface area contributed by atoms with Crippen LogP contribution in [0.5, 0.6) is 0 Å². The van der Waals surface area contributed by atoms with Gasteiger partial charge >= 0.3 is 0 Å². The molecule has 0 heterocycles. The van der Waals surface area contributed by atoms with Gasteiger partial charge in [0.1, 0.15) is 0 Å². The first-order valence-electron chi connectivity index (χ1n) is 22.7. The van der Waals surface area contributed by atoms with Gasteiger partial charge in [-0.2, -0.15) is 0 Å². The summed E-state index contributed by atoms with van der Waals surface area (Å²) in [6.45, 7) is 31.6. The largest absolute Gasteiger partial charge is 0.310 e. The van der Waals surface area contributed by atoms with Crippen LogP contribution in [0.3, 0.4) is 0 Å². The quantitative estimate of drug-likeness (QED) is 0.139. The van der Waals surface area contributed by atoms with Gasteiger partial charge in [0.05, 0.1) is 5.71 Å². The molecule has 0 fully saturated rings. The molecule has 0 spiro atoms. The van der Waals surface area contributed by atoms with Gasteiger partial charge in [0.2, 0.25) is 0 Å². The molecule has 7 aromatic carbocycles. The molecule has 7 rings (SSSR count). The molecule has 1 N–H and O–H groups in total. The first-order chi connectivity index (χ1) is 30.1. The van der Waals surface area contributed by atoms with Crippen molar-refractivity contribution in [1.29, 1.82) is 5.41 Å². The normalized spacial score (nSPS) is 12.2.